The Bertz CT molecular complexity index is 529. The third-order valence-electron chi connectivity index (χ3n) is 2.58. The average molecular weight is 289 g/mol. The second-order valence-electron chi connectivity index (χ2n) is 4.25. The van der Waals surface area contributed by atoms with Crippen LogP contribution in [0, 0.1) is 6.92 Å². The maximum absolute atomic E-state index is 12.7. The van der Waals surface area contributed by atoms with Gasteiger partial charge in [-0.15, -0.1) is 0 Å². The van der Waals surface area contributed by atoms with E-state index in [1.807, 2.05) is 0 Å². The molecule has 0 heterocycles. The summed E-state index contributed by atoms with van der Waals surface area (Å²) >= 11 is 0. The highest BCUT2D eigenvalue weighted by molar-refractivity contribution is 5.93. The summed E-state index contributed by atoms with van der Waals surface area (Å²) in [5, 5.41) is 4.40. The summed E-state index contributed by atoms with van der Waals surface area (Å²) < 4.78 is 38.1. The van der Waals surface area contributed by atoms with Crippen LogP contribution in [0.3, 0.4) is 0 Å². The van der Waals surface area contributed by atoms with Gasteiger partial charge in [-0.25, -0.2) is 4.79 Å². The Morgan fingerprint density at radius 3 is 2.40 bits per heavy atom. The molecule has 8 heteroatoms. The zero-order valence-corrected chi connectivity index (χ0v) is 10.8. The van der Waals surface area contributed by atoms with Gasteiger partial charge < -0.3 is 16.4 Å². The van der Waals surface area contributed by atoms with Crippen molar-refractivity contribution in [3.8, 4) is 0 Å². The molecule has 0 saturated carbocycles. The minimum Gasteiger partial charge on any atom is -0.368 e. The molecule has 1 aromatic rings. The van der Waals surface area contributed by atoms with Gasteiger partial charge in [-0.1, -0.05) is 6.07 Å². The number of rotatable bonds is 3. The number of anilines is 1. The van der Waals surface area contributed by atoms with Crippen molar-refractivity contribution in [1.29, 1.82) is 0 Å². The summed E-state index contributed by atoms with van der Waals surface area (Å²) in [5.41, 5.74) is 4.13. The molecule has 1 atom stereocenters. The quantitative estimate of drug-likeness (QED) is 0.795. The van der Waals surface area contributed by atoms with E-state index in [0.29, 0.717) is 0 Å². The van der Waals surface area contributed by atoms with E-state index >= 15 is 0 Å². The van der Waals surface area contributed by atoms with Gasteiger partial charge in [0.25, 0.3) is 0 Å². The molecule has 0 bridgehead atoms. The molecule has 3 amide bonds. The van der Waals surface area contributed by atoms with E-state index in [2.05, 4.69) is 10.6 Å². The molecule has 4 N–H and O–H groups in total. The second kappa shape index (κ2) is 5.81. The van der Waals surface area contributed by atoms with Gasteiger partial charge in [0.2, 0.25) is 5.91 Å². The van der Waals surface area contributed by atoms with Crippen molar-refractivity contribution in [2.75, 3.05) is 5.32 Å². The van der Waals surface area contributed by atoms with E-state index in [4.69, 9.17) is 5.73 Å². The lowest BCUT2D eigenvalue weighted by atomic mass is 10.1. The van der Waals surface area contributed by atoms with Crippen LogP contribution >= 0.6 is 0 Å². The summed E-state index contributed by atoms with van der Waals surface area (Å²) in [7, 11) is 0. The lowest BCUT2D eigenvalue weighted by Gasteiger charge is -2.14. The Kier molecular flexibility index (Phi) is 4.59. The summed E-state index contributed by atoms with van der Waals surface area (Å²) in [6.07, 6.45) is -4.50. The number of carbonyl (C=O) groups is 2. The van der Waals surface area contributed by atoms with Gasteiger partial charge in [0, 0.05) is 5.69 Å². The third-order valence-corrected chi connectivity index (χ3v) is 2.58. The molecule has 1 rings (SSSR count). The van der Waals surface area contributed by atoms with Crippen LogP contribution in [-0.2, 0) is 11.0 Å². The first kappa shape index (κ1) is 15.8. The second-order valence-corrected chi connectivity index (χ2v) is 4.25. The lowest BCUT2D eigenvalue weighted by Crippen LogP contribution is -2.44. The van der Waals surface area contributed by atoms with Crippen LogP contribution in [0.25, 0.3) is 0 Å². The van der Waals surface area contributed by atoms with Gasteiger partial charge in [-0.3, -0.25) is 4.79 Å². The Morgan fingerprint density at radius 1 is 1.30 bits per heavy atom. The summed E-state index contributed by atoms with van der Waals surface area (Å²) in [4.78, 5) is 22.2. The van der Waals surface area contributed by atoms with Crippen molar-refractivity contribution in [1.82, 2.24) is 5.32 Å². The fourth-order valence-electron chi connectivity index (χ4n) is 1.44. The van der Waals surface area contributed by atoms with Gasteiger partial charge in [-0.2, -0.15) is 13.2 Å². The maximum Gasteiger partial charge on any atom is 0.416 e. The number of halogens is 3. The molecule has 5 nitrogen and oxygen atoms in total. The molecule has 0 saturated heterocycles. The van der Waals surface area contributed by atoms with Gasteiger partial charge >= 0.3 is 12.2 Å². The number of hydrogen-bond acceptors (Lipinski definition) is 2. The summed E-state index contributed by atoms with van der Waals surface area (Å²) in [6, 6.07) is 1.66. The number of carbonyl (C=O) groups excluding carboxylic acids is 2. The van der Waals surface area contributed by atoms with E-state index in [0.717, 1.165) is 6.07 Å². The molecule has 1 aromatic carbocycles. The molecular formula is C12H14F3N3O2. The van der Waals surface area contributed by atoms with Crippen LogP contribution in [0.15, 0.2) is 18.2 Å². The number of hydrogen-bond donors (Lipinski definition) is 3. The van der Waals surface area contributed by atoms with Gasteiger partial charge in [0.1, 0.15) is 6.04 Å². The number of urea groups is 1. The molecular weight excluding hydrogens is 275 g/mol. The fourth-order valence-corrected chi connectivity index (χ4v) is 1.44. The predicted octanol–water partition coefficient (Wildman–Crippen LogP) is 2.01. The van der Waals surface area contributed by atoms with E-state index in [1.54, 1.807) is 0 Å². The number of alkyl halides is 3. The zero-order valence-electron chi connectivity index (χ0n) is 10.8. The van der Waals surface area contributed by atoms with Crippen molar-refractivity contribution in [2.45, 2.75) is 26.1 Å². The molecule has 0 fully saturated rings. The minimum atomic E-state index is -4.50. The molecule has 0 aliphatic heterocycles. The minimum absolute atomic E-state index is 0.0305. The van der Waals surface area contributed by atoms with Gasteiger partial charge in [0.15, 0.2) is 0 Å². The van der Waals surface area contributed by atoms with Gasteiger partial charge in [-0.05, 0) is 31.5 Å². The number of primary amides is 1. The van der Waals surface area contributed by atoms with Crippen LogP contribution in [0.4, 0.5) is 23.7 Å². The zero-order chi connectivity index (χ0) is 15.5. The van der Waals surface area contributed by atoms with E-state index in [1.165, 1.54) is 26.0 Å². The van der Waals surface area contributed by atoms with Crippen LogP contribution in [0.1, 0.15) is 18.1 Å². The summed E-state index contributed by atoms with van der Waals surface area (Å²) in [5.74, 6) is -0.750. The smallest absolute Gasteiger partial charge is 0.368 e. The third kappa shape index (κ3) is 4.15. The largest absolute Gasteiger partial charge is 0.416 e. The SMILES string of the molecule is Cc1ccc(NC(=O)N[C@@H](C)C(N)=O)cc1C(F)(F)F. The Balaban J connectivity index is 2.84. The van der Waals surface area contributed by atoms with Gasteiger partial charge in [0.05, 0.1) is 5.56 Å². The molecule has 0 spiro atoms. The average Bonchev–Trinajstić information content (AvgIpc) is 2.29. The first-order valence-corrected chi connectivity index (χ1v) is 5.66. The Labute approximate surface area is 113 Å². The molecule has 0 aliphatic rings. The van der Waals surface area contributed by atoms with Crippen LogP contribution in [0.5, 0.6) is 0 Å². The first-order chi connectivity index (χ1) is 9.11. The number of amides is 3. The first-order valence-electron chi connectivity index (χ1n) is 5.66. The van der Waals surface area contributed by atoms with Crippen LogP contribution in [0.2, 0.25) is 0 Å². The fraction of sp³-hybridized carbons (Fsp3) is 0.333. The van der Waals surface area contributed by atoms with Crippen molar-refractivity contribution in [2.24, 2.45) is 5.73 Å². The van der Waals surface area contributed by atoms with Crippen LogP contribution in [-0.4, -0.2) is 18.0 Å². The number of benzene rings is 1. The highest BCUT2D eigenvalue weighted by atomic mass is 19.4. The monoisotopic (exact) mass is 289 g/mol. The number of nitrogens with two attached hydrogens (primary N) is 1. The van der Waals surface area contributed by atoms with Crippen molar-refractivity contribution >= 4 is 17.6 Å². The molecule has 0 aliphatic carbocycles. The molecule has 110 valence electrons. The maximum atomic E-state index is 12.7. The summed E-state index contributed by atoms with van der Waals surface area (Å²) in [6.45, 7) is 2.68. The molecule has 0 aromatic heterocycles. The highest BCUT2D eigenvalue weighted by Gasteiger charge is 2.32. The highest BCUT2D eigenvalue weighted by Crippen LogP contribution is 2.33. The van der Waals surface area contributed by atoms with Crippen LogP contribution < -0.4 is 16.4 Å². The van der Waals surface area contributed by atoms with Crippen molar-refractivity contribution < 1.29 is 22.8 Å². The normalized spacial score (nSPS) is 12.7. The Morgan fingerprint density at radius 2 is 1.90 bits per heavy atom. The molecule has 20 heavy (non-hydrogen) atoms. The topological polar surface area (TPSA) is 84.2 Å². The standard InChI is InChI=1S/C12H14F3N3O2/c1-6-3-4-8(5-9(6)12(13,14)15)18-11(20)17-7(2)10(16)19/h3-5,7H,1-2H3,(H2,16,19)(H2,17,18,20)/t7-/m0/s1. The number of aryl methyl sites for hydroxylation is 1. The molecule has 0 unspecified atom stereocenters. The van der Waals surface area contributed by atoms with E-state index in [-0.39, 0.29) is 11.3 Å². The van der Waals surface area contributed by atoms with Crippen molar-refractivity contribution in [3.63, 3.8) is 0 Å². The predicted molar refractivity (Wildman–Crippen MR) is 67.0 cm³/mol. The lowest BCUT2D eigenvalue weighted by molar-refractivity contribution is -0.138. The van der Waals surface area contributed by atoms with E-state index < -0.39 is 29.7 Å². The van der Waals surface area contributed by atoms with E-state index in [9.17, 15) is 22.8 Å². The molecule has 0 radical (unpaired) electrons. The Hall–Kier alpha value is -2.25. The number of nitrogens with one attached hydrogen (secondary N) is 2. The van der Waals surface area contributed by atoms with Crippen molar-refractivity contribution in [3.05, 3.63) is 29.3 Å².